The molecule has 1 aliphatic rings. The monoisotopic (exact) mass is 403 g/mol. The van der Waals surface area contributed by atoms with Crippen LogP contribution in [-0.2, 0) is 16.4 Å². The zero-order valence-corrected chi connectivity index (χ0v) is 17.0. The fraction of sp³-hybridized carbons (Fsp3) is 0.400. The Morgan fingerprint density at radius 3 is 2.64 bits per heavy atom. The lowest BCUT2D eigenvalue weighted by Gasteiger charge is -2.17. The molecule has 0 aliphatic carbocycles. The lowest BCUT2D eigenvalue weighted by atomic mass is 10.1. The average Bonchev–Trinajstić information content (AvgIpc) is 2.99. The first-order valence-electron chi connectivity index (χ1n) is 9.20. The number of rotatable bonds is 6. The van der Waals surface area contributed by atoms with E-state index < -0.39 is 15.9 Å². The van der Waals surface area contributed by atoms with Gasteiger partial charge < -0.3 is 10.4 Å². The third-order valence-corrected chi connectivity index (χ3v) is 7.00. The van der Waals surface area contributed by atoms with E-state index in [9.17, 15) is 18.3 Å². The van der Waals surface area contributed by atoms with Gasteiger partial charge in [0.2, 0.25) is 0 Å². The zero-order chi connectivity index (χ0) is 20.5. The molecule has 0 unspecified atom stereocenters. The Labute approximate surface area is 165 Å². The van der Waals surface area contributed by atoms with Crippen LogP contribution < -0.4 is 5.32 Å². The fourth-order valence-electron chi connectivity index (χ4n) is 3.31. The Hall–Kier alpha value is -2.29. The number of hydrogen-bond donors (Lipinski definition) is 2. The highest BCUT2D eigenvalue weighted by Crippen LogP contribution is 2.30. The third-order valence-electron chi connectivity index (χ3n) is 5.25. The van der Waals surface area contributed by atoms with E-state index in [0.29, 0.717) is 11.1 Å². The topological polar surface area (TPSA) is 99.6 Å². The SMILES string of the molecule is CCS(=O)(=O)c1ccc([C@H](CO)NC(=O)c2cnc3c(c2)CN(C)[C@H]3C)cc1. The maximum Gasteiger partial charge on any atom is 0.253 e. The summed E-state index contributed by atoms with van der Waals surface area (Å²) in [6.45, 7) is 4.09. The van der Waals surface area contributed by atoms with Crippen molar-refractivity contribution in [1.82, 2.24) is 15.2 Å². The molecule has 3 rings (SSSR count). The van der Waals surface area contributed by atoms with E-state index in [1.807, 2.05) is 13.1 Å². The second-order valence-electron chi connectivity index (χ2n) is 7.04. The number of aromatic nitrogens is 1. The second-order valence-corrected chi connectivity index (χ2v) is 9.32. The van der Waals surface area contributed by atoms with Gasteiger partial charge in [0.15, 0.2) is 9.84 Å². The van der Waals surface area contributed by atoms with E-state index in [-0.39, 0.29) is 29.2 Å². The number of nitrogens with zero attached hydrogens (tertiary/aromatic N) is 2. The number of carbonyl (C=O) groups excluding carboxylic acids is 1. The summed E-state index contributed by atoms with van der Waals surface area (Å²) in [4.78, 5) is 19.5. The molecule has 150 valence electrons. The average molecular weight is 404 g/mol. The molecule has 2 N–H and O–H groups in total. The number of pyridine rings is 1. The lowest BCUT2D eigenvalue weighted by Crippen LogP contribution is -2.31. The fourth-order valence-corrected chi connectivity index (χ4v) is 4.20. The maximum absolute atomic E-state index is 12.7. The Morgan fingerprint density at radius 2 is 2.04 bits per heavy atom. The van der Waals surface area contributed by atoms with Gasteiger partial charge in [-0.25, -0.2) is 8.42 Å². The molecule has 0 bridgehead atoms. The first-order valence-corrected chi connectivity index (χ1v) is 10.9. The van der Waals surface area contributed by atoms with Crippen LogP contribution in [0.25, 0.3) is 0 Å². The van der Waals surface area contributed by atoms with Gasteiger partial charge in [0.1, 0.15) is 0 Å². The number of fused-ring (bicyclic) bond motifs is 1. The van der Waals surface area contributed by atoms with Gasteiger partial charge in [0, 0.05) is 18.8 Å². The summed E-state index contributed by atoms with van der Waals surface area (Å²) in [7, 11) is -1.28. The number of aliphatic hydroxyl groups excluding tert-OH is 1. The van der Waals surface area contributed by atoms with Gasteiger partial charge in [0.25, 0.3) is 5.91 Å². The summed E-state index contributed by atoms with van der Waals surface area (Å²) >= 11 is 0. The van der Waals surface area contributed by atoms with Crippen molar-refractivity contribution in [2.45, 2.75) is 37.4 Å². The standard InChI is InChI=1S/C20H25N3O4S/c1-4-28(26,27)17-7-5-14(6-8-17)18(12-24)22-20(25)15-9-16-11-23(3)13(2)19(16)21-10-15/h5-10,13,18,24H,4,11-12H2,1-3H3,(H,22,25)/t13-,18-/m0/s1. The first-order chi connectivity index (χ1) is 13.3. The molecule has 2 heterocycles. The molecule has 28 heavy (non-hydrogen) atoms. The van der Waals surface area contributed by atoms with Crippen molar-refractivity contribution in [3.8, 4) is 0 Å². The van der Waals surface area contributed by atoms with E-state index in [1.54, 1.807) is 25.3 Å². The Balaban J connectivity index is 1.76. The minimum atomic E-state index is -3.29. The predicted molar refractivity (Wildman–Crippen MR) is 106 cm³/mol. The van der Waals surface area contributed by atoms with E-state index >= 15 is 0 Å². The van der Waals surface area contributed by atoms with Crippen molar-refractivity contribution in [2.24, 2.45) is 0 Å². The number of hydrogen-bond acceptors (Lipinski definition) is 6. The van der Waals surface area contributed by atoms with Gasteiger partial charge in [-0.1, -0.05) is 19.1 Å². The van der Waals surface area contributed by atoms with Gasteiger partial charge in [-0.2, -0.15) is 0 Å². The van der Waals surface area contributed by atoms with Crippen LogP contribution in [0.1, 0.15) is 53.1 Å². The molecule has 0 spiro atoms. The van der Waals surface area contributed by atoms with E-state index in [2.05, 4.69) is 22.1 Å². The van der Waals surface area contributed by atoms with Crippen LogP contribution in [0, 0.1) is 0 Å². The number of nitrogens with one attached hydrogen (secondary N) is 1. The van der Waals surface area contributed by atoms with Crippen LogP contribution in [-0.4, -0.2) is 48.7 Å². The van der Waals surface area contributed by atoms with Gasteiger partial charge in [0.05, 0.1) is 34.6 Å². The van der Waals surface area contributed by atoms with Crippen LogP contribution in [0.15, 0.2) is 41.4 Å². The molecule has 1 aliphatic heterocycles. The smallest absolute Gasteiger partial charge is 0.253 e. The number of carbonyl (C=O) groups is 1. The summed E-state index contributed by atoms with van der Waals surface area (Å²) < 4.78 is 23.8. The molecule has 0 fully saturated rings. The summed E-state index contributed by atoms with van der Waals surface area (Å²) in [6, 6.07) is 7.64. The van der Waals surface area contributed by atoms with Crippen molar-refractivity contribution >= 4 is 15.7 Å². The van der Waals surface area contributed by atoms with Crippen LogP contribution in [0.3, 0.4) is 0 Å². The molecule has 0 saturated heterocycles. The summed E-state index contributed by atoms with van der Waals surface area (Å²) in [5.41, 5.74) is 3.07. The highest BCUT2D eigenvalue weighted by Gasteiger charge is 2.26. The molecule has 2 atom stereocenters. The summed E-state index contributed by atoms with van der Waals surface area (Å²) in [5.74, 6) is -0.312. The Kier molecular flexibility index (Phi) is 5.83. The minimum Gasteiger partial charge on any atom is -0.394 e. The molecule has 0 radical (unpaired) electrons. The highest BCUT2D eigenvalue weighted by atomic mass is 32.2. The quantitative estimate of drug-likeness (QED) is 0.764. The van der Waals surface area contributed by atoms with Crippen LogP contribution in [0.5, 0.6) is 0 Å². The van der Waals surface area contributed by atoms with Crippen molar-refractivity contribution in [3.05, 3.63) is 58.9 Å². The molecule has 1 amide bonds. The third kappa shape index (κ3) is 3.94. The minimum absolute atomic E-state index is 0.0195. The van der Waals surface area contributed by atoms with E-state index in [0.717, 1.165) is 17.8 Å². The van der Waals surface area contributed by atoms with Crippen molar-refractivity contribution < 1.29 is 18.3 Å². The maximum atomic E-state index is 12.7. The van der Waals surface area contributed by atoms with E-state index in [4.69, 9.17) is 0 Å². The number of sulfone groups is 1. The molecule has 7 nitrogen and oxygen atoms in total. The van der Waals surface area contributed by atoms with Crippen molar-refractivity contribution in [2.75, 3.05) is 19.4 Å². The van der Waals surface area contributed by atoms with Crippen LogP contribution in [0.2, 0.25) is 0 Å². The molecular weight excluding hydrogens is 378 g/mol. The summed E-state index contributed by atoms with van der Waals surface area (Å²) in [6.07, 6.45) is 1.55. The zero-order valence-electron chi connectivity index (χ0n) is 16.2. The first kappa shape index (κ1) is 20.4. The second kappa shape index (κ2) is 7.98. The van der Waals surface area contributed by atoms with Crippen LogP contribution in [0.4, 0.5) is 0 Å². The van der Waals surface area contributed by atoms with Gasteiger partial charge in [-0.15, -0.1) is 0 Å². The number of benzene rings is 1. The van der Waals surface area contributed by atoms with Gasteiger partial charge in [-0.05, 0) is 43.3 Å². The molecule has 1 aromatic carbocycles. The van der Waals surface area contributed by atoms with E-state index in [1.165, 1.54) is 12.1 Å². The lowest BCUT2D eigenvalue weighted by molar-refractivity contribution is 0.0915. The normalized spacial score (nSPS) is 17.9. The number of aliphatic hydroxyl groups is 1. The van der Waals surface area contributed by atoms with Gasteiger partial charge >= 0.3 is 0 Å². The largest absolute Gasteiger partial charge is 0.394 e. The molecule has 2 aromatic rings. The Bertz CT molecular complexity index is 973. The highest BCUT2D eigenvalue weighted by molar-refractivity contribution is 7.91. The van der Waals surface area contributed by atoms with Crippen molar-refractivity contribution in [1.29, 1.82) is 0 Å². The number of amides is 1. The predicted octanol–water partition coefficient (Wildman–Crippen LogP) is 1.85. The molecule has 8 heteroatoms. The Morgan fingerprint density at radius 1 is 1.36 bits per heavy atom. The van der Waals surface area contributed by atoms with Crippen molar-refractivity contribution in [3.63, 3.8) is 0 Å². The molecule has 0 saturated carbocycles. The van der Waals surface area contributed by atoms with Crippen LogP contribution >= 0.6 is 0 Å². The molecular formula is C20H25N3O4S. The summed E-state index contributed by atoms with van der Waals surface area (Å²) in [5, 5.41) is 12.5. The van der Waals surface area contributed by atoms with Gasteiger partial charge in [-0.3, -0.25) is 14.7 Å². The molecule has 1 aromatic heterocycles.